The van der Waals surface area contributed by atoms with Crippen LogP contribution in [0, 0.1) is 0 Å². The van der Waals surface area contributed by atoms with Crippen molar-refractivity contribution in [3.63, 3.8) is 0 Å². The highest BCUT2D eigenvalue weighted by molar-refractivity contribution is 5.90. The molecule has 0 saturated heterocycles. The van der Waals surface area contributed by atoms with Gasteiger partial charge in [-0.05, 0) is 12.1 Å². The molecule has 1 atom stereocenters. The van der Waals surface area contributed by atoms with Crippen LogP contribution >= 0.6 is 0 Å². The van der Waals surface area contributed by atoms with Crippen LogP contribution in [0.3, 0.4) is 0 Å². The fraction of sp³-hybridized carbons (Fsp3) is 0.214. The molecule has 0 amide bonds. The Labute approximate surface area is 128 Å². The maximum atomic E-state index is 13.2. The summed E-state index contributed by atoms with van der Waals surface area (Å²) in [5, 5.41) is 3.68. The zero-order valence-electron chi connectivity index (χ0n) is 11.9. The number of esters is 1. The topological polar surface area (TPSA) is 61.4 Å². The summed E-state index contributed by atoms with van der Waals surface area (Å²) in [7, 11) is 1.48. The molecule has 1 unspecified atom stereocenters. The normalized spacial score (nSPS) is 13.2. The van der Waals surface area contributed by atoms with E-state index in [9.17, 15) is 18.0 Å². The third kappa shape index (κ3) is 3.03. The summed E-state index contributed by atoms with van der Waals surface area (Å²) in [6.07, 6.45) is -0.412. The number of rotatable bonds is 3. The lowest BCUT2D eigenvalue weighted by atomic mass is 10.2. The molecule has 0 bridgehead atoms. The predicted octanol–water partition coefficient (Wildman–Crippen LogP) is 2.53. The molecule has 3 aromatic rings. The van der Waals surface area contributed by atoms with Crippen LogP contribution in [-0.4, -0.2) is 31.3 Å². The number of ether oxygens (including phenoxy) is 1. The molecule has 0 aromatic carbocycles. The highest BCUT2D eigenvalue weighted by atomic mass is 19.4. The van der Waals surface area contributed by atoms with Crippen molar-refractivity contribution in [2.75, 3.05) is 0 Å². The molecule has 120 valence electrons. The third-order valence-electron chi connectivity index (χ3n) is 3.20. The molecule has 0 radical (unpaired) electrons. The smallest absolute Gasteiger partial charge is 0.429 e. The zero-order valence-corrected chi connectivity index (χ0v) is 11.9. The second-order valence-corrected chi connectivity index (χ2v) is 4.92. The van der Waals surface area contributed by atoms with Crippen molar-refractivity contribution < 1.29 is 22.7 Å². The quantitative estimate of drug-likeness (QED) is 0.695. The minimum atomic E-state index is -4.74. The highest BCUT2D eigenvalue weighted by Gasteiger charge is 2.45. The lowest BCUT2D eigenvalue weighted by molar-refractivity contribution is -0.207. The molecule has 9 heteroatoms. The Bertz CT molecular complexity index is 853. The molecule has 0 aliphatic rings. The summed E-state index contributed by atoms with van der Waals surface area (Å²) >= 11 is 0. The van der Waals surface area contributed by atoms with Crippen LogP contribution < -0.4 is 0 Å². The number of pyridine rings is 1. The van der Waals surface area contributed by atoms with Crippen molar-refractivity contribution in [2.45, 2.75) is 12.3 Å². The fourth-order valence-corrected chi connectivity index (χ4v) is 2.12. The summed E-state index contributed by atoms with van der Waals surface area (Å²) in [6, 6.07) is 2.78. The van der Waals surface area contributed by atoms with Crippen molar-refractivity contribution in [3.8, 4) is 0 Å². The van der Waals surface area contributed by atoms with Crippen LogP contribution in [0.25, 0.3) is 5.52 Å². The first-order valence-corrected chi connectivity index (χ1v) is 6.52. The van der Waals surface area contributed by atoms with Gasteiger partial charge in [0.15, 0.2) is 0 Å². The van der Waals surface area contributed by atoms with E-state index in [2.05, 4.69) is 14.8 Å². The Morgan fingerprint density at radius 1 is 1.35 bits per heavy atom. The largest absolute Gasteiger partial charge is 0.444 e. The van der Waals surface area contributed by atoms with Gasteiger partial charge in [-0.2, -0.15) is 18.3 Å². The third-order valence-corrected chi connectivity index (χ3v) is 3.20. The van der Waals surface area contributed by atoms with Crippen LogP contribution in [0.5, 0.6) is 0 Å². The van der Waals surface area contributed by atoms with Crippen molar-refractivity contribution in [1.29, 1.82) is 0 Å². The number of alkyl halides is 3. The Morgan fingerprint density at radius 2 is 2.13 bits per heavy atom. The SMILES string of the molecule is Cn1cc(C(OC(=O)c2ccn3cncc3c2)C(F)(F)F)cn1. The number of hydrogen-bond donors (Lipinski definition) is 0. The van der Waals surface area contributed by atoms with E-state index in [0.717, 1.165) is 12.4 Å². The van der Waals surface area contributed by atoms with E-state index in [1.54, 1.807) is 4.40 Å². The van der Waals surface area contributed by atoms with Crippen molar-refractivity contribution >= 4 is 11.5 Å². The average molecular weight is 324 g/mol. The first-order valence-electron chi connectivity index (χ1n) is 6.52. The first kappa shape index (κ1) is 15.1. The summed E-state index contributed by atoms with van der Waals surface area (Å²) in [5.74, 6) is -1.07. The minimum absolute atomic E-state index is 0.0103. The standard InChI is InChI=1S/C14H11F3N4O2/c1-20-7-10(5-19-20)12(14(15,16)17)23-13(22)9-2-3-21-8-18-6-11(21)4-9/h2-8,12H,1H3. The molecular formula is C14H11F3N4O2. The summed E-state index contributed by atoms with van der Waals surface area (Å²) in [4.78, 5) is 15.9. The Morgan fingerprint density at radius 3 is 2.78 bits per heavy atom. The van der Waals surface area contributed by atoms with Gasteiger partial charge >= 0.3 is 12.1 Å². The molecule has 0 spiro atoms. The number of halogens is 3. The fourth-order valence-electron chi connectivity index (χ4n) is 2.12. The number of nitrogens with zero attached hydrogens (tertiary/aromatic N) is 4. The van der Waals surface area contributed by atoms with Gasteiger partial charge in [0.1, 0.15) is 0 Å². The van der Waals surface area contributed by atoms with Crippen molar-refractivity contribution in [3.05, 3.63) is 54.4 Å². The number of aryl methyl sites for hydroxylation is 1. The van der Waals surface area contributed by atoms with Gasteiger partial charge in [0.25, 0.3) is 0 Å². The maximum absolute atomic E-state index is 13.2. The van der Waals surface area contributed by atoms with E-state index in [4.69, 9.17) is 0 Å². The molecule has 23 heavy (non-hydrogen) atoms. The van der Waals surface area contributed by atoms with Crippen LogP contribution in [0.15, 0.2) is 43.2 Å². The monoisotopic (exact) mass is 324 g/mol. The van der Waals surface area contributed by atoms with Gasteiger partial charge < -0.3 is 9.14 Å². The highest BCUT2D eigenvalue weighted by Crippen LogP contribution is 2.36. The van der Waals surface area contributed by atoms with E-state index in [1.807, 2.05) is 0 Å². The van der Waals surface area contributed by atoms with Gasteiger partial charge in [-0.3, -0.25) is 4.68 Å². The van der Waals surface area contributed by atoms with Gasteiger partial charge in [-0.15, -0.1) is 0 Å². The lowest BCUT2D eigenvalue weighted by Gasteiger charge is -2.19. The van der Waals surface area contributed by atoms with Crippen LogP contribution in [0.4, 0.5) is 13.2 Å². The van der Waals surface area contributed by atoms with Gasteiger partial charge in [0.05, 0.1) is 29.8 Å². The van der Waals surface area contributed by atoms with Gasteiger partial charge in [0, 0.05) is 25.0 Å². The Balaban J connectivity index is 1.88. The Kier molecular flexibility index (Phi) is 3.55. The number of fused-ring (bicyclic) bond motifs is 1. The molecule has 0 N–H and O–H groups in total. The minimum Gasteiger partial charge on any atom is -0.444 e. The number of hydrogen-bond acceptors (Lipinski definition) is 4. The molecule has 3 aromatic heterocycles. The van der Waals surface area contributed by atoms with E-state index in [1.165, 1.54) is 42.6 Å². The van der Waals surface area contributed by atoms with E-state index in [0.29, 0.717) is 5.52 Å². The molecule has 0 saturated carbocycles. The maximum Gasteiger partial charge on any atom is 0.429 e. The molecule has 0 aliphatic carbocycles. The second-order valence-electron chi connectivity index (χ2n) is 4.92. The van der Waals surface area contributed by atoms with Crippen molar-refractivity contribution in [2.24, 2.45) is 7.05 Å². The van der Waals surface area contributed by atoms with Crippen LogP contribution in [0.1, 0.15) is 22.0 Å². The number of carbonyl (C=O) groups excluding carboxylic acids is 1. The van der Waals surface area contributed by atoms with E-state index < -0.39 is 18.2 Å². The van der Waals surface area contributed by atoms with E-state index >= 15 is 0 Å². The Hall–Kier alpha value is -2.84. The predicted molar refractivity (Wildman–Crippen MR) is 72.6 cm³/mol. The van der Waals surface area contributed by atoms with Crippen LogP contribution in [-0.2, 0) is 11.8 Å². The molecule has 3 heterocycles. The zero-order chi connectivity index (χ0) is 16.6. The summed E-state index contributed by atoms with van der Waals surface area (Å²) in [6.45, 7) is 0. The van der Waals surface area contributed by atoms with Gasteiger partial charge in [0.2, 0.25) is 6.10 Å². The molecule has 3 rings (SSSR count). The molecule has 6 nitrogen and oxygen atoms in total. The first-order chi connectivity index (χ1) is 10.8. The molecule has 0 fully saturated rings. The van der Waals surface area contributed by atoms with Gasteiger partial charge in [-0.1, -0.05) is 0 Å². The number of imidazole rings is 1. The van der Waals surface area contributed by atoms with Gasteiger partial charge in [-0.25, -0.2) is 9.78 Å². The number of carbonyl (C=O) groups is 1. The molecule has 0 aliphatic heterocycles. The summed E-state index contributed by atoms with van der Waals surface area (Å²) < 4.78 is 47.0. The lowest BCUT2D eigenvalue weighted by Crippen LogP contribution is -2.26. The summed E-state index contributed by atoms with van der Waals surface area (Å²) in [5.41, 5.74) is 0.347. The van der Waals surface area contributed by atoms with Crippen molar-refractivity contribution in [1.82, 2.24) is 19.2 Å². The average Bonchev–Trinajstić information content (AvgIpc) is 3.10. The molecular weight excluding hydrogens is 313 g/mol. The second kappa shape index (κ2) is 5.41. The van der Waals surface area contributed by atoms with E-state index in [-0.39, 0.29) is 11.1 Å². The van der Waals surface area contributed by atoms with Crippen LogP contribution in [0.2, 0.25) is 0 Å². The number of aromatic nitrogens is 4.